The van der Waals surface area contributed by atoms with Gasteiger partial charge in [-0.25, -0.2) is 4.39 Å². The average Bonchev–Trinajstić information content (AvgIpc) is 2.66. The lowest BCUT2D eigenvalue weighted by Gasteiger charge is -2.17. The molecular weight excluding hydrogens is 327 g/mol. The van der Waals surface area contributed by atoms with E-state index in [1.165, 1.54) is 11.6 Å². The zero-order chi connectivity index (χ0) is 18.4. The van der Waals surface area contributed by atoms with Crippen LogP contribution in [0.25, 0.3) is 0 Å². The van der Waals surface area contributed by atoms with E-state index in [4.69, 9.17) is 0 Å². The van der Waals surface area contributed by atoms with Gasteiger partial charge in [-0.05, 0) is 19.1 Å². The van der Waals surface area contributed by atoms with Crippen LogP contribution in [0.5, 0.6) is 0 Å². The second-order valence-corrected chi connectivity index (χ2v) is 6.27. The number of carbonyl (C=O) groups is 1. The summed E-state index contributed by atoms with van der Waals surface area (Å²) in [7, 11) is 0. The standard InChI is InChI=1S/C22H21FN2O/c1-16-11-13-18(14-12-16)22(17-7-3-2-4-8-17)24-15-21(26)25-20-10-6-5-9-19(20)23/h2-14,22,24H,15H2,1H3,(H,25,26)/p+1/t22-/m1/s1. The van der Waals surface area contributed by atoms with Crippen molar-refractivity contribution in [2.75, 3.05) is 11.9 Å². The molecule has 0 spiro atoms. The first kappa shape index (κ1) is 17.8. The Bertz CT molecular complexity index is 863. The second kappa shape index (κ2) is 8.41. The van der Waals surface area contributed by atoms with Gasteiger partial charge in [-0.15, -0.1) is 0 Å². The Kier molecular flexibility index (Phi) is 5.77. The molecule has 0 aliphatic rings. The summed E-state index contributed by atoms with van der Waals surface area (Å²) in [5, 5.41) is 4.60. The molecule has 3 N–H and O–H groups in total. The highest BCUT2D eigenvalue weighted by atomic mass is 19.1. The van der Waals surface area contributed by atoms with Crippen LogP contribution < -0.4 is 10.6 Å². The number of hydrogen-bond acceptors (Lipinski definition) is 1. The van der Waals surface area contributed by atoms with Crippen LogP contribution >= 0.6 is 0 Å². The second-order valence-electron chi connectivity index (χ2n) is 6.27. The molecule has 1 amide bonds. The zero-order valence-electron chi connectivity index (χ0n) is 14.7. The Balaban J connectivity index is 1.73. The van der Waals surface area contributed by atoms with Crippen molar-refractivity contribution in [1.29, 1.82) is 0 Å². The molecule has 0 heterocycles. The number of carbonyl (C=O) groups excluding carboxylic acids is 1. The topological polar surface area (TPSA) is 45.7 Å². The molecule has 26 heavy (non-hydrogen) atoms. The van der Waals surface area contributed by atoms with Gasteiger partial charge in [-0.3, -0.25) is 4.79 Å². The smallest absolute Gasteiger partial charge is 0.279 e. The minimum absolute atomic E-state index is 0.00294. The summed E-state index contributed by atoms with van der Waals surface area (Å²) in [6.07, 6.45) is 0. The molecule has 0 saturated carbocycles. The third kappa shape index (κ3) is 4.55. The van der Waals surface area contributed by atoms with E-state index < -0.39 is 5.82 Å². The minimum atomic E-state index is -0.431. The number of hydrogen-bond donors (Lipinski definition) is 2. The fourth-order valence-corrected chi connectivity index (χ4v) is 2.89. The molecule has 4 heteroatoms. The van der Waals surface area contributed by atoms with Crippen molar-refractivity contribution in [2.24, 2.45) is 0 Å². The highest BCUT2D eigenvalue weighted by molar-refractivity contribution is 5.91. The molecule has 132 valence electrons. The van der Waals surface area contributed by atoms with Crippen molar-refractivity contribution in [3.05, 3.63) is 101 Å². The summed E-state index contributed by atoms with van der Waals surface area (Å²) >= 11 is 0. The summed E-state index contributed by atoms with van der Waals surface area (Å²) in [5.74, 6) is -0.665. The lowest BCUT2D eigenvalue weighted by molar-refractivity contribution is -0.676. The quantitative estimate of drug-likeness (QED) is 0.704. The number of halogens is 1. The van der Waals surface area contributed by atoms with Crippen molar-refractivity contribution in [1.82, 2.24) is 0 Å². The van der Waals surface area contributed by atoms with Crippen LogP contribution in [0.4, 0.5) is 10.1 Å². The van der Waals surface area contributed by atoms with Gasteiger partial charge in [0.05, 0.1) is 5.69 Å². The number of nitrogens with one attached hydrogen (secondary N) is 1. The summed E-state index contributed by atoms with van der Waals surface area (Å²) in [6.45, 7) is 2.24. The van der Waals surface area contributed by atoms with Gasteiger partial charge >= 0.3 is 0 Å². The van der Waals surface area contributed by atoms with E-state index in [0.717, 1.165) is 11.1 Å². The molecule has 0 bridgehead atoms. The fourth-order valence-electron chi connectivity index (χ4n) is 2.89. The molecule has 0 aliphatic carbocycles. The normalized spacial score (nSPS) is 11.8. The largest absolute Gasteiger partial charge is 0.328 e. The van der Waals surface area contributed by atoms with Gasteiger partial charge in [0.15, 0.2) is 6.54 Å². The highest BCUT2D eigenvalue weighted by Gasteiger charge is 2.19. The predicted octanol–water partition coefficient (Wildman–Crippen LogP) is 3.43. The van der Waals surface area contributed by atoms with Gasteiger partial charge in [-0.1, -0.05) is 72.3 Å². The fraction of sp³-hybridized carbons (Fsp3) is 0.136. The molecule has 1 atom stereocenters. The zero-order valence-corrected chi connectivity index (χ0v) is 14.7. The number of rotatable bonds is 6. The van der Waals surface area contributed by atoms with Gasteiger partial charge in [0, 0.05) is 11.1 Å². The molecule has 0 unspecified atom stereocenters. The Morgan fingerprint density at radius 3 is 2.23 bits per heavy atom. The van der Waals surface area contributed by atoms with Crippen molar-refractivity contribution < 1.29 is 14.5 Å². The van der Waals surface area contributed by atoms with Crippen LogP contribution in [0.3, 0.4) is 0 Å². The third-order valence-electron chi connectivity index (χ3n) is 4.28. The van der Waals surface area contributed by atoms with Gasteiger partial charge in [0.2, 0.25) is 0 Å². The third-order valence-corrected chi connectivity index (χ3v) is 4.28. The summed E-state index contributed by atoms with van der Waals surface area (Å²) in [6, 6.07) is 24.5. The maximum atomic E-state index is 13.7. The first-order chi connectivity index (χ1) is 12.6. The van der Waals surface area contributed by atoms with Gasteiger partial charge in [0.25, 0.3) is 5.91 Å². The summed E-state index contributed by atoms with van der Waals surface area (Å²) < 4.78 is 13.7. The highest BCUT2D eigenvalue weighted by Crippen LogP contribution is 2.18. The van der Waals surface area contributed by atoms with Crippen molar-refractivity contribution in [3.63, 3.8) is 0 Å². The molecule has 3 aromatic rings. The number of amides is 1. The Morgan fingerprint density at radius 1 is 0.923 bits per heavy atom. The molecule has 0 radical (unpaired) electrons. The molecule has 0 aliphatic heterocycles. The van der Waals surface area contributed by atoms with Crippen LogP contribution in [0.2, 0.25) is 0 Å². The molecular formula is C22H22FN2O+. The number of benzene rings is 3. The van der Waals surface area contributed by atoms with Crippen LogP contribution in [-0.2, 0) is 4.79 Å². The summed E-state index contributed by atoms with van der Waals surface area (Å²) in [5.41, 5.74) is 3.64. The van der Waals surface area contributed by atoms with Crippen molar-refractivity contribution in [3.8, 4) is 0 Å². The van der Waals surface area contributed by atoms with Gasteiger partial charge < -0.3 is 10.6 Å². The van der Waals surface area contributed by atoms with Gasteiger partial charge in [0.1, 0.15) is 11.9 Å². The Morgan fingerprint density at radius 2 is 1.54 bits per heavy atom. The van der Waals surface area contributed by atoms with E-state index in [9.17, 15) is 9.18 Å². The van der Waals surface area contributed by atoms with E-state index >= 15 is 0 Å². The Hall–Kier alpha value is -2.98. The molecule has 0 saturated heterocycles. The SMILES string of the molecule is Cc1ccc([C@H]([NH2+]CC(=O)Nc2ccccc2F)c2ccccc2)cc1. The van der Waals surface area contributed by atoms with Crippen LogP contribution in [0, 0.1) is 12.7 Å². The Labute approximate surface area is 152 Å². The number of quaternary nitrogens is 1. The molecule has 3 aromatic carbocycles. The lowest BCUT2D eigenvalue weighted by atomic mass is 9.98. The van der Waals surface area contributed by atoms with E-state index in [0.29, 0.717) is 0 Å². The first-order valence-corrected chi connectivity index (χ1v) is 8.62. The maximum Gasteiger partial charge on any atom is 0.279 e. The molecule has 0 aromatic heterocycles. The molecule has 3 rings (SSSR count). The van der Waals surface area contributed by atoms with E-state index in [1.807, 2.05) is 30.4 Å². The van der Waals surface area contributed by atoms with E-state index in [1.54, 1.807) is 18.2 Å². The van der Waals surface area contributed by atoms with Gasteiger partial charge in [-0.2, -0.15) is 0 Å². The first-order valence-electron chi connectivity index (χ1n) is 8.62. The van der Waals surface area contributed by atoms with E-state index in [2.05, 4.69) is 41.7 Å². The van der Waals surface area contributed by atoms with Crippen LogP contribution in [0.15, 0.2) is 78.9 Å². The molecule has 0 fully saturated rings. The monoisotopic (exact) mass is 349 g/mol. The van der Waals surface area contributed by atoms with Crippen molar-refractivity contribution >= 4 is 11.6 Å². The number of aryl methyl sites for hydroxylation is 1. The predicted molar refractivity (Wildman–Crippen MR) is 101 cm³/mol. The number of anilines is 1. The maximum absolute atomic E-state index is 13.7. The van der Waals surface area contributed by atoms with Crippen LogP contribution in [0.1, 0.15) is 22.7 Å². The van der Waals surface area contributed by atoms with E-state index in [-0.39, 0.29) is 24.2 Å². The average molecular weight is 349 g/mol. The minimum Gasteiger partial charge on any atom is -0.328 e. The number of nitrogens with two attached hydrogens (primary N) is 1. The van der Waals surface area contributed by atoms with Crippen LogP contribution in [-0.4, -0.2) is 12.5 Å². The van der Waals surface area contributed by atoms with Crippen molar-refractivity contribution in [2.45, 2.75) is 13.0 Å². The summed E-state index contributed by atoms with van der Waals surface area (Å²) in [4.78, 5) is 12.3. The molecule has 3 nitrogen and oxygen atoms in total. The number of para-hydroxylation sites is 1. The lowest BCUT2D eigenvalue weighted by Crippen LogP contribution is -2.87.